The first-order valence-electron chi connectivity index (χ1n) is 8.41. The Bertz CT molecular complexity index is 1020. The van der Waals surface area contributed by atoms with Crippen LogP contribution in [0.5, 0.6) is 0 Å². The Kier molecular flexibility index (Phi) is 5.40. The van der Waals surface area contributed by atoms with Gasteiger partial charge in [0.1, 0.15) is 17.7 Å². The number of benzene rings is 2. The van der Waals surface area contributed by atoms with Gasteiger partial charge in [0.05, 0.1) is 11.4 Å². The van der Waals surface area contributed by atoms with Crippen LogP contribution in [0.4, 0.5) is 14.5 Å². The third-order valence-electron chi connectivity index (χ3n) is 4.07. The van der Waals surface area contributed by atoms with E-state index < -0.39 is 29.1 Å². The zero-order valence-corrected chi connectivity index (χ0v) is 14.5. The van der Waals surface area contributed by atoms with E-state index in [2.05, 4.69) is 10.4 Å². The molecule has 0 unspecified atom stereocenters. The minimum absolute atomic E-state index is 0.160. The van der Waals surface area contributed by atoms with Gasteiger partial charge >= 0.3 is 0 Å². The number of anilines is 1. The molecule has 1 N–H and O–H groups in total. The normalized spacial score (nSPS) is 11.8. The zero-order chi connectivity index (χ0) is 19.4. The average molecular weight is 369 g/mol. The van der Waals surface area contributed by atoms with Gasteiger partial charge in [0.25, 0.3) is 5.56 Å². The molecule has 1 aromatic heterocycles. The van der Waals surface area contributed by atoms with Gasteiger partial charge in [-0.2, -0.15) is 5.10 Å². The molecule has 0 fully saturated rings. The second-order valence-corrected chi connectivity index (χ2v) is 5.90. The SMILES string of the molecule is CC[C@H](C(=O)Nc1ccc(F)cc1F)n1nc(-c2ccccc2)ccc1=O. The number of carbonyl (C=O) groups is 1. The fourth-order valence-electron chi connectivity index (χ4n) is 2.69. The van der Waals surface area contributed by atoms with E-state index in [1.54, 1.807) is 13.0 Å². The molecular weight excluding hydrogens is 352 g/mol. The summed E-state index contributed by atoms with van der Waals surface area (Å²) in [6.45, 7) is 1.72. The fourth-order valence-corrected chi connectivity index (χ4v) is 2.69. The van der Waals surface area contributed by atoms with Crippen LogP contribution in [-0.4, -0.2) is 15.7 Å². The van der Waals surface area contributed by atoms with Crippen molar-refractivity contribution in [1.82, 2.24) is 9.78 Å². The minimum Gasteiger partial charge on any atom is -0.322 e. The first-order chi connectivity index (χ1) is 13.0. The quantitative estimate of drug-likeness (QED) is 0.744. The van der Waals surface area contributed by atoms with Crippen LogP contribution in [-0.2, 0) is 4.79 Å². The molecule has 0 saturated carbocycles. The van der Waals surface area contributed by atoms with Crippen LogP contribution in [0.2, 0.25) is 0 Å². The number of carbonyl (C=O) groups excluding carboxylic acids is 1. The zero-order valence-electron chi connectivity index (χ0n) is 14.5. The Balaban J connectivity index is 1.92. The highest BCUT2D eigenvalue weighted by molar-refractivity contribution is 5.93. The van der Waals surface area contributed by atoms with Gasteiger partial charge in [0.2, 0.25) is 5.91 Å². The Morgan fingerprint density at radius 2 is 1.85 bits per heavy atom. The van der Waals surface area contributed by atoms with Crippen LogP contribution in [0.1, 0.15) is 19.4 Å². The molecule has 0 spiro atoms. The van der Waals surface area contributed by atoms with Gasteiger partial charge < -0.3 is 5.32 Å². The third kappa shape index (κ3) is 4.08. The van der Waals surface area contributed by atoms with E-state index in [0.717, 1.165) is 22.4 Å². The molecule has 1 amide bonds. The lowest BCUT2D eigenvalue weighted by Crippen LogP contribution is -2.34. The molecular formula is C20H17F2N3O2. The third-order valence-corrected chi connectivity index (χ3v) is 4.07. The van der Waals surface area contributed by atoms with Crippen molar-refractivity contribution >= 4 is 11.6 Å². The maximum Gasteiger partial charge on any atom is 0.267 e. The fraction of sp³-hybridized carbons (Fsp3) is 0.150. The first kappa shape index (κ1) is 18.4. The van der Waals surface area contributed by atoms with E-state index in [-0.39, 0.29) is 12.1 Å². The maximum absolute atomic E-state index is 13.8. The Morgan fingerprint density at radius 3 is 2.52 bits per heavy atom. The molecule has 27 heavy (non-hydrogen) atoms. The molecule has 0 radical (unpaired) electrons. The predicted octanol–water partition coefficient (Wildman–Crippen LogP) is 3.78. The van der Waals surface area contributed by atoms with Gasteiger partial charge in [-0.05, 0) is 24.6 Å². The maximum atomic E-state index is 13.8. The molecule has 1 atom stereocenters. The van der Waals surface area contributed by atoms with Crippen molar-refractivity contribution in [3.63, 3.8) is 0 Å². The number of nitrogens with one attached hydrogen (secondary N) is 1. The predicted molar refractivity (Wildman–Crippen MR) is 98.2 cm³/mol. The molecule has 138 valence electrons. The summed E-state index contributed by atoms with van der Waals surface area (Å²) in [5.41, 5.74) is 0.726. The molecule has 0 aliphatic heterocycles. The van der Waals surface area contributed by atoms with Crippen molar-refractivity contribution < 1.29 is 13.6 Å². The monoisotopic (exact) mass is 369 g/mol. The van der Waals surface area contributed by atoms with E-state index in [9.17, 15) is 18.4 Å². The molecule has 0 aliphatic rings. The molecule has 5 nitrogen and oxygen atoms in total. The van der Waals surface area contributed by atoms with Crippen LogP contribution < -0.4 is 10.9 Å². The van der Waals surface area contributed by atoms with E-state index in [4.69, 9.17) is 0 Å². The minimum atomic E-state index is -0.939. The summed E-state index contributed by atoms with van der Waals surface area (Å²) in [5, 5.41) is 6.70. The highest BCUT2D eigenvalue weighted by Crippen LogP contribution is 2.19. The molecule has 3 rings (SSSR count). The number of nitrogens with zero attached hydrogens (tertiary/aromatic N) is 2. The lowest BCUT2D eigenvalue weighted by atomic mass is 10.1. The van der Waals surface area contributed by atoms with Crippen molar-refractivity contribution in [3.05, 3.63) is 82.7 Å². The van der Waals surface area contributed by atoms with E-state index in [1.165, 1.54) is 6.07 Å². The number of hydrogen-bond acceptors (Lipinski definition) is 3. The highest BCUT2D eigenvalue weighted by Gasteiger charge is 2.22. The molecule has 3 aromatic rings. The summed E-state index contributed by atoms with van der Waals surface area (Å²) in [7, 11) is 0. The Labute approximate surface area is 154 Å². The van der Waals surface area contributed by atoms with Crippen molar-refractivity contribution in [2.24, 2.45) is 0 Å². The van der Waals surface area contributed by atoms with Crippen molar-refractivity contribution in [1.29, 1.82) is 0 Å². The summed E-state index contributed by atoms with van der Waals surface area (Å²) in [6, 6.07) is 14.1. The summed E-state index contributed by atoms with van der Waals surface area (Å²) < 4.78 is 27.9. The van der Waals surface area contributed by atoms with Crippen LogP contribution in [0, 0.1) is 11.6 Å². The van der Waals surface area contributed by atoms with Crippen molar-refractivity contribution in [3.8, 4) is 11.3 Å². The standard InChI is InChI=1S/C20H17F2N3O2/c1-2-18(20(27)23-17-9-8-14(21)12-15(17)22)25-19(26)11-10-16(24-25)13-6-4-3-5-7-13/h3-12,18H,2H2,1H3,(H,23,27)/t18-/m1/s1. The van der Waals surface area contributed by atoms with E-state index >= 15 is 0 Å². The molecule has 0 bridgehead atoms. The lowest BCUT2D eigenvalue weighted by Gasteiger charge is -2.17. The van der Waals surface area contributed by atoms with Gasteiger partial charge in [-0.25, -0.2) is 13.5 Å². The van der Waals surface area contributed by atoms with Crippen LogP contribution in [0.15, 0.2) is 65.5 Å². The number of halogens is 2. The summed E-state index contributed by atoms with van der Waals surface area (Å²) in [6.07, 6.45) is 0.264. The largest absolute Gasteiger partial charge is 0.322 e. The highest BCUT2D eigenvalue weighted by atomic mass is 19.1. The van der Waals surface area contributed by atoms with Crippen LogP contribution in [0.25, 0.3) is 11.3 Å². The molecule has 7 heteroatoms. The Morgan fingerprint density at radius 1 is 1.11 bits per heavy atom. The first-order valence-corrected chi connectivity index (χ1v) is 8.41. The summed E-state index contributed by atoms with van der Waals surface area (Å²) in [4.78, 5) is 24.9. The molecule has 2 aromatic carbocycles. The van der Waals surface area contributed by atoms with Gasteiger partial charge in [-0.3, -0.25) is 9.59 Å². The Hall–Kier alpha value is -3.35. The van der Waals surface area contributed by atoms with Crippen molar-refractivity contribution in [2.45, 2.75) is 19.4 Å². The lowest BCUT2D eigenvalue weighted by molar-refractivity contribution is -0.119. The number of rotatable bonds is 5. The topological polar surface area (TPSA) is 64.0 Å². The van der Waals surface area contributed by atoms with Crippen LogP contribution >= 0.6 is 0 Å². The summed E-state index contributed by atoms with van der Waals surface area (Å²) in [5.74, 6) is -2.25. The van der Waals surface area contributed by atoms with Crippen LogP contribution in [0.3, 0.4) is 0 Å². The second-order valence-electron chi connectivity index (χ2n) is 5.90. The number of amides is 1. The summed E-state index contributed by atoms with van der Waals surface area (Å²) >= 11 is 0. The van der Waals surface area contributed by atoms with Gasteiger partial charge in [0, 0.05) is 17.7 Å². The van der Waals surface area contributed by atoms with E-state index in [1.807, 2.05) is 30.3 Å². The van der Waals surface area contributed by atoms with Gasteiger partial charge in [-0.1, -0.05) is 37.3 Å². The van der Waals surface area contributed by atoms with Crippen molar-refractivity contribution in [2.75, 3.05) is 5.32 Å². The molecule has 1 heterocycles. The van der Waals surface area contributed by atoms with E-state index in [0.29, 0.717) is 11.8 Å². The molecule has 0 saturated heterocycles. The number of aromatic nitrogens is 2. The number of hydrogen-bond donors (Lipinski definition) is 1. The average Bonchev–Trinajstić information content (AvgIpc) is 2.67. The van der Waals surface area contributed by atoms with Gasteiger partial charge in [-0.15, -0.1) is 0 Å². The second kappa shape index (κ2) is 7.90. The molecule has 0 aliphatic carbocycles. The van der Waals surface area contributed by atoms with Gasteiger partial charge in [0.15, 0.2) is 0 Å². The smallest absolute Gasteiger partial charge is 0.267 e.